The molecule has 1 aromatic carbocycles. The van der Waals surface area contributed by atoms with E-state index in [0.29, 0.717) is 13.3 Å². The molecule has 86 valence electrons. The summed E-state index contributed by atoms with van der Waals surface area (Å²) in [6, 6.07) is 5.83. The van der Waals surface area contributed by atoms with Crippen LogP contribution in [0.2, 0.25) is 0 Å². The van der Waals surface area contributed by atoms with Gasteiger partial charge in [0.2, 0.25) is 12.7 Å². The topological polar surface area (TPSA) is 73.6 Å². The molecule has 0 spiro atoms. The lowest BCUT2D eigenvalue weighted by Gasteiger charge is -2.03. The molecule has 0 bridgehead atoms. The van der Waals surface area contributed by atoms with E-state index in [0.717, 1.165) is 23.5 Å². The Labute approximate surface area is 93.5 Å². The monoisotopic (exact) mass is 222 g/mol. The van der Waals surface area contributed by atoms with E-state index in [1.165, 1.54) is 0 Å². The number of carbonyl (C=O) groups is 1. The van der Waals surface area contributed by atoms with Crippen LogP contribution in [-0.2, 0) is 11.2 Å². The van der Waals surface area contributed by atoms with E-state index in [-0.39, 0.29) is 12.5 Å². The second-order valence-electron chi connectivity index (χ2n) is 3.58. The lowest BCUT2D eigenvalue weighted by atomic mass is 10.1. The molecule has 1 amide bonds. The number of nitrogens with one attached hydrogen (secondary N) is 1. The number of hydrogen-bond acceptors (Lipinski definition) is 4. The summed E-state index contributed by atoms with van der Waals surface area (Å²) in [6.07, 6.45) is 0.823. The first-order chi connectivity index (χ1) is 7.75. The molecule has 0 fully saturated rings. The molecule has 1 aliphatic heterocycles. The van der Waals surface area contributed by atoms with Crippen LogP contribution < -0.4 is 20.5 Å². The molecule has 3 N–H and O–H groups in total. The van der Waals surface area contributed by atoms with Gasteiger partial charge in [0.15, 0.2) is 11.5 Å². The quantitative estimate of drug-likeness (QED) is 0.689. The maximum Gasteiger partial charge on any atom is 0.231 e. The molecule has 0 aromatic heterocycles. The maximum atomic E-state index is 10.5. The highest BCUT2D eigenvalue weighted by molar-refractivity contribution is 5.75. The normalized spacial score (nSPS) is 12.8. The average Bonchev–Trinajstić information content (AvgIpc) is 2.71. The molecule has 16 heavy (non-hydrogen) atoms. The molecule has 0 aliphatic carbocycles. The minimum Gasteiger partial charge on any atom is -0.454 e. The summed E-state index contributed by atoms with van der Waals surface area (Å²) in [6.45, 7) is 1.21. The fraction of sp³-hybridized carbons (Fsp3) is 0.364. The summed E-state index contributed by atoms with van der Waals surface area (Å²) in [4.78, 5) is 10.5. The third-order valence-electron chi connectivity index (χ3n) is 2.33. The Morgan fingerprint density at radius 1 is 1.38 bits per heavy atom. The van der Waals surface area contributed by atoms with Crippen LogP contribution in [-0.4, -0.2) is 25.8 Å². The van der Waals surface area contributed by atoms with Gasteiger partial charge in [-0.05, 0) is 30.7 Å². The van der Waals surface area contributed by atoms with Crippen LogP contribution in [0.3, 0.4) is 0 Å². The van der Waals surface area contributed by atoms with E-state index in [2.05, 4.69) is 5.32 Å². The molecular formula is C11H14N2O3. The van der Waals surface area contributed by atoms with E-state index >= 15 is 0 Å². The number of benzene rings is 1. The number of rotatable bonds is 5. The van der Waals surface area contributed by atoms with Gasteiger partial charge in [0, 0.05) is 0 Å². The number of carbonyl (C=O) groups excluding carboxylic acids is 1. The van der Waals surface area contributed by atoms with Crippen molar-refractivity contribution in [3.63, 3.8) is 0 Å². The first kappa shape index (κ1) is 10.8. The third kappa shape index (κ3) is 2.64. The van der Waals surface area contributed by atoms with E-state index < -0.39 is 0 Å². The zero-order valence-corrected chi connectivity index (χ0v) is 8.86. The number of hydrogen-bond donors (Lipinski definition) is 2. The molecule has 0 radical (unpaired) electrons. The van der Waals surface area contributed by atoms with Gasteiger partial charge in [-0.3, -0.25) is 4.79 Å². The molecular weight excluding hydrogens is 208 g/mol. The van der Waals surface area contributed by atoms with Crippen molar-refractivity contribution in [1.29, 1.82) is 0 Å². The van der Waals surface area contributed by atoms with Crippen molar-refractivity contribution in [3.8, 4) is 11.5 Å². The molecule has 1 aromatic rings. The van der Waals surface area contributed by atoms with Gasteiger partial charge >= 0.3 is 0 Å². The zero-order valence-electron chi connectivity index (χ0n) is 8.86. The van der Waals surface area contributed by atoms with Crippen molar-refractivity contribution in [2.75, 3.05) is 19.9 Å². The van der Waals surface area contributed by atoms with Gasteiger partial charge < -0.3 is 20.5 Å². The van der Waals surface area contributed by atoms with Gasteiger partial charge in [-0.25, -0.2) is 0 Å². The lowest BCUT2D eigenvalue weighted by Crippen LogP contribution is -2.29. The Bertz CT molecular complexity index is 393. The van der Waals surface area contributed by atoms with E-state index in [1.807, 2.05) is 18.2 Å². The van der Waals surface area contributed by atoms with E-state index in [1.54, 1.807) is 0 Å². The van der Waals surface area contributed by atoms with Crippen molar-refractivity contribution < 1.29 is 14.3 Å². The average molecular weight is 222 g/mol. The van der Waals surface area contributed by atoms with Gasteiger partial charge in [0.25, 0.3) is 0 Å². The van der Waals surface area contributed by atoms with Gasteiger partial charge in [-0.2, -0.15) is 0 Å². The second-order valence-corrected chi connectivity index (χ2v) is 3.58. The smallest absolute Gasteiger partial charge is 0.231 e. The van der Waals surface area contributed by atoms with Crippen molar-refractivity contribution in [2.24, 2.45) is 5.73 Å². The molecule has 0 saturated heterocycles. The Kier molecular flexibility index (Phi) is 3.26. The van der Waals surface area contributed by atoms with Crippen LogP contribution in [0.5, 0.6) is 11.5 Å². The maximum absolute atomic E-state index is 10.5. The highest BCUT2D eigenvalue weighted by Gasteiger charge is 2.12. The SMILES string of the molecule is NC(=O)CNCCc1ccc2c(c1)OCO2. The van der Waals surface area contributed by atoms with Crippen LogP contribution in [0.4, 0.5) is 0 Å². The fourth-order valence-electron chi connectivity index (χ4n) is 1.54. The molecule has 1 aliphatic rings. The Morgan fingerprint density at radius 3 is 3.00 bits per heavy atom. The van der Waals surface area contributed by atoms with Crippen LogP contribution in [0, 0.1) is 0 Å². The van der Waals surface area contributed by atoms with Crippen molar-refractivity contribution in [3.05, 3.63) is 23.8 Å². The van der Waals surface area contributed by atoms with Crippen molar-refractivity contribution in [2.45, 2.75) is 6.42 Å². The summed E-state index contributed by atoms with van der Waals surface area (Å²) in [5.41, 5.74) is 6.15. The molecule has 2 rings (SSSR count). The van der Waals surface area contributed by atoms with Gasteiger partial charge in [0.1, 0.15) is 0 Å². The zero-order chi connectivity index (χ0) is 11.4. The lowest BCUT2D eigenvalue weighted by molar-refractivity contribution is -0.117. The predicted octanol–water partition coefficient (Wildman–Crippen LogP) is 0.0327. The van der Waals surface area contributed by atoms with Gasteiger partial charge in [-0.15, -0.1) is 0 Å². The van der Waals surface area contributed by atoms with Crippen LogP contribution in [0.15, 0.2) is 18.2 Å². The van der Waals surface area contributed by atoms with Crippen LogP contribution >= 0.6 is 0 Å². The predicted molar refractivity (Wildman–Crippen MR) is 58.3 cm³/mol. The first-order valence-electron chi connectivity index (χ1n) is 5.13. The number of ether oxygens (including phenoxy) is 2. The Hall–Kier alpha value is -1.75. The second kappa shape index (κ2) is 4.85. The minimum atomic E-state index is -0.342. The highest BCUT2D eigenvalue weighted by atomic mass is 16.7. The van der Waals surface area contributed by atoms with E-state index in [4.69, 9.17) is 15.2 Å². The molecule has 0 unspecified atom stereocenters. The molecule has 1 heterocycles. The highest BCUT2D eigenvalue weighted by Crippen LogP contribution is 2.32. The number of primary amides is 1. The fourth-order valence-corrected chi connectivity index (χ4v) is 1.54. The summed E-state index contributed by atoms with van der Waals surface area (Å²) in [7, 11) is 0. The largest absolute Gasteiger partial charge is 0.454 e. The van der Waals surface area contributed by atoms with E-state index in [9.17, 15) is 4.79 Å². The summed E-state index contributed by atoms with van der Waals surface area (Å²) < 4.78 is 10.5. The number of nitrogens with two attached hydrogens (primary N) is 1. The summed E-state index contributed by atoms with van der Waals surface area (Å²) in [5.74, 6) is 1.23. The number of fused-ring (bicyclic) bond motifs is 1. The first-order valence-corrected chi connectivity index (χ1v) is 5.13. The number of amides is 1. The standard InChI is InChI=1S/C11H14N2O3/c12-11(14)6-13-4-3-8-1-2-9-10(5-8)16-7-15-9/h1-2,5,13H,3-4,6-7H2,(H2,12,14). The third-order valence-corrected chi connectivity index (χ3v) is 2.33. The van der Waals surface area contributed by atoms with Crippen molar-refractivity contribution >= 4 is 5.91 Å². The molecule has 5 nitrogen and oxygen atoms in total. The molecule has 5 heteroatoms. The molecule has 0 saturated carbocycles. The van der Waals surface area contributed by atoms with Crippen LogP contribution in [0.1, 0.15) is 5.56 Å². The minimum absolute atomic E-state index is 0.213. The Balaban J connectivity index is 1.83. The summed E-state index contributed by atoms with van der Waals surface area (Å²) >= 11 is 0. The van der Waals surface area contributed by atoms with Crippen molar-refractivity contribution in [1.82, 2.24) is 5.32 Å². The Morgan fingerprint density at radius 2 is 2.19 bits per heavy atom. The van der Waals surface area contributed by atoms with Gasteiger partial charge in [-0.1, -0.05) is 6.07 Å². The van der Waals surface area contributed by atoms with Crippen LogP contribution in [0.25, 0.3) is 0 Å². The van der Waals surface area contributed by atoms with Gasteiger partial charge in [0.05, 0.1) is 6.54 Å². The molecule has 0 atom stereocenters. The summed E-state index contributed by atoms with van der Waals surface area (Å²) in [5, 5.41) is 2.95.